The van der Waals surface area contributed by atoms with Gasteiger partial charge >= 0.3 is 0 Å². The molecule has 0 aliphatic rings. The SMILES string of the molecule is C=C(C)[SiH2]CC(N(CC)CC)N(CC)CC. The molecule has 0 spiro atoms. The van der Waals surface area contributed by atoms with E-state index >= 15 is 0 Å². The van der Waals surface area contributed by atoms with E-state index in [1.165, 1.54) is 11.2 Å². The molecule has 96 valence electrons. The van der Waals surface area contributed by atoms with Crippen molar-refractivity contribution in [3.63, 3.8) is 0 Å². The lowest BCUT2D eigenvalue weighted by Crippen LogP contribution is -2.48. The number of allylic oxidation sites excluding steroid dienone is 1. The highest BCUT2D eigenvalue weighted by molar-refractivity contribution is 6.44. The molecule has 2 nitrogen and oxygen atoms in total. The van der Waals surface area contributed by atoms with E-state index in [9.17, 15) is 0 Å². The Kier molecular flexibility index (Phi) is 8.90. The van der Waals surface area contributed by atoms with Crippen molar-refractivity contribution in [2.75, 3.05) is 26.2 Å². The van der Waals surface area contributed by atoms with Gasteiger partial charge in [0.05, 0.1) is 15.7 Å². The zero-order valence-electron chi connectivity index (χ0n) is 11.9. The highest BCUT2D eigenvalue weighted by atomic mass is 28.2. The molecule has 0 radical (unpaired) electrons. The van der Waals surface area contributed by atoms with Gasteiger partial charge in [-0.05, 0) is 39.1 Å². The molecule has 0 aromatic heterocycles. The Balaban J connectivity index is 4.52. The first-order valence-corrected chi connectivity index (χ1v) is 8.43. The van der Waals surface area contributed by atoms with E-state index in [0.29, 0.717) is 6.17 Å². The fourth-order valence-electron chi connectivity index (χ4n) is 2.26. The second kappa shape index (κ2) is 8.96. The van der Waals surface area contributed by atoms with E-state index in [4.69, 9.17) is 0 Å². The molecular weight excluding hydrogens is 212 g/mol. The lowest BCUT2D eigenvalue weighted by molar-refractivity contribution is 0.0712. The van der Waals surface area contributed by atoms with Crippen LogP contribution in [0.5, 0.6) is 0 Å². The van der Waals surface area contributed by atoms with Gasteiger partial charge in [-0.1, -0.05) is 32.9 Å². The molecule has 3 heteroatoms. The van der Waals surface area contributed by atoms with Crippen molar-refractivity contribution in [1.29, 1.82) is 0 Å². The fraction of sp³-hybridized carbons (Fsp3) is 0.846. The van der Waals surface area contributed by atoms with Gasteiger partial charge in [-0.25, -0.2) is 0 Å². The molecule has 0 saturated carbocycles. The van der Waals surface area contributed by atoms with Crippen molar-refractivity contribution in [3.8, 4) is 0 Å². The minimum Gasteiger partial charge on any atom is -0.289 e. The van der Waals surface area contributed by atoms with Gasteiger partial charge in [-0.2, -0.15) is 0 Å². The van der Waals surface area contributed by atoms with Crippen LogP contribution in [0.25, 0.3) is 0 Å². The van der Waals surface area contributed by atoms with Crippen LogP contribution in [-0.2, 0) is 0 Å². The van der Waals surface area contributed by atoms with E-state index in [1.54, 1.807) is 0 Å². The lowest BCUT2D eigenvalue weighted by atomic mass is 10.3. The normalized spacial score (nSPS) is 12.5. The van der Waals surface area contributed by atoms with Gasteiger partial charge in [0.2, 0.25) is 0 Å². The topological polar surface area (TPSA) is 6.48 Å². The molecule has 0 aliphatic carbocycles. The third-order valence-corrected chi connectivity index (χ3v) is 4.96. The van der Waals surface area contributed by atoms with Crippen LogP contribution in [0.2, 0.25) is 6.04 Å². The van der Waals surface area contributed by atoms with E-state index in [1.807, 2.05) is 0 Å². The minimum absolute atomic E-state index is 0.102. The molecule has 0 amide bonds. The molecule has 0 rings (SSSR count). The maximum Gasteiger partial charge on any atom is 0.0595 e. The summed E-state index contributed by atoms with van der Waals surface area (Å²) in [5, 5.41) is 1.43. The van der Waals surface area contributed by atoms with E-state index in [0.717, 1.165) is 26.2 Å². The summed E-state index contributed by atoms with van der Waals surface area (Å²) in [4.78, 5) is 5.17. The summed E-state index contributed by atoms with van der Waals surface area (Å²) in [6, 6.07) is 1.35. The van der Waals surface area contributed by atoms with Crippen LogP contribution in [-0.4, -0.2) is 51.7 Å². The maximum absolute atomic E-state index is 4.07. The summed E-state index contributed by atoms with van der Waals surface area (Å²) in [6.07, 6.45) is 0.647. The molecule has 0 fully saturated rings. The Bertz CT molecular complexity index is 174. The molecule has 0 atom stereocenters. The third-order valence-electron chi connectivity index (χ3n) is 3.30. The Morgan fingerprint density at radius 3 is 1.62 bits per heavy atom. The molecule has 0 unspecified atom stereocenters. The molecule has 0 aliphatic heterocycles. The van der Waals surface area contributed by atoms with Gasteiger partial charge in [-0.3, -0.25) is 9.80 Å². The second-order valence-electron chi connectivity index (χ2n) is 4.42. The standard InChI is InChI=1S/C13H30N2Si/c1-7-14(8-2)13(11-16-12(5)6)15(9-3)10-4/h13H,5,7-11,16H2,1-4,6H3. The summed E-state index contributed by atoms with van der Waals surface area (Å²) in [5.41, 5.74) is 0. The highest BCUT2D eigenvalue weighted by Gasteiger charge is 2.20. The summed E-state index contributed by atoms with van der Waals surface area (Å²) < 4.78 is 0. The number of hydrogen-bond donors (Lipinski definition) is 0. The predicted octanol–water partition coefficient (Wildman–Crippen LogP) is 2.12. The Morgan fingerprint density at radius 1 is 1.00 bits per heavy atom. The molecule has 0 heterocycles. The van der Waals surface area contributed by atoms with E-state index in [2.05, 4.69) is 51.0 Å². The van der Waals surface area contributed by atoms with Gasteiger partial charge in [0.1, 0.15) is 0 Å². The van der Waals surface area contributed by atoms with Crippen LogP contribution < -0.4 is 0 Å². The first kappa shape index (κ1) is 15.9. The predicted molar refractivity (Wildman–Crippen MR) is 77.8 cm³/mol. The van der Waals surface area contributed by atoms with Crippen molar-refractivity contribution in [2.24, 2.45) is 0 Å². The van der Waals surface area contributed by atoms with Crippen LogP contribution in [0.15, 0.2) is 11.8 Å². The van der Waals surface area contributed by atoms with E-state index < -0.39 is 0 Å². The van der Waals surface area contributed by atoms with Crippen LogP contribution in [0.3, 0.4) is 0 Å². The molecule has 16 heavy (non-hydrogen) atoms. The summed E-state index contributed by atoms with van der Waals surface area (Å²) in [7, 11) is -0.102. The third kappa shape index (κ3) is 5.28. The van der Waals surface area contributed by atoms with Crippen molar-refractivity contribution < 1.29 is 0 Å². The summed E-state index contributed by atoms with van der Waals surface area (Å²) in [5.74, 6) is 0. The van der Waals surface area contributed by atoms with Gasteiger partial charge in [-0.15, -0.1) is 6.58 Å². The zero-order chi connectivity index (χ0) is 12.6. The summed E-state index contributed by atoms with van der Waals surface area (Å²) in [6.45, 7) is 19.9. The smallest absolute Gasteiger partial charge is 0.0595 e. The average Bonchev–Trinajstić information content (AvgIpc) is 2.27. The zero-order valence-corrected chi connectivity index (χ0v) is 13.3. The van der Waals surface area contributed by atoms with Gasteiger partial charge in [0.25, 0.3) is 0 Å². The lowest BCUT2D eigenvalue weighted by Gasteiger charge is -2.38. The summed E-state index contributed by atoms with van der Waals surface area (Å²) >= 11 is 0. The first-order chi connectivity index (χ1) is 7.60. The molecule has 0 aromatic carbocycles. The van der Waals surface area contributed by atoms with Crippen molar-refractivity contribution in [1.82, 2.24) is 9.80 Å². The fourth-order valence-corrected chi connectivity index (χ4v) is 3.74. The van der Waals surface area contributed by atoms with Crippen LogP contribution in [0, 0.1) is 0 Å². The van der Waals surface area contributed by atoms with Crippen LogP contribution in [0.4, 0.5) is 0 Å². The van der Waals surface area contributed by atoms with Crippen molar-refractivity contribution >= 4 is 9.52 Å². The molecule has 0 bridgehead atoms. The van der Waals surface area contributed by atoms with Crippen molar-refractivity contribution in [3.05, 3.63) is 11.8 Å². The Hall–Kier alpha value is -0.123. The number of hydrogen-bond acceptors (Lipinski definition) is 2. The minimum atomic E-state index is -0.102. The molecule has 0 saturated heterocycles. The Labute approximate surface area is 105 Å². The van der Waals surface area contributed by atoms with Crippen LogP contribution >= 0.6 is 0 Å². The molecule has 0 aromatic rings. The first-order valence-electron chi connectivity index (χ1n) is 6.73. The second-order valence-corrected chi connectivity index (χ2v) is 6.70. The molecular formula is C13H30N2Si. The van der Waals surface area contributed by atoms with Crippen molar-refractivity contribution in [2.45, 2.75) is 46.8 Å². The quantitative estimate of drug-likeness (QED) is 0.451. The van der Waals surface area contributed by atoms with Gasteiger partial charge < -0.3 is 0 Å². The van der Waals surface area contributed by atoms with Gasteiger partial charge in [0.15, 0.2) is 0 Å². The highest BCUT2D eigenvalue weighted by Crippen LogP contribution is 2.11. The van der Waals surface area contributed by atoms with E-state index in [-0.39, 0.29) is 9.52 Å². The van der Waals surface area contributed by atoms with Crippen LogP contribution in [0.1, 0.15) is 34.6 Å². The maximum atomic E-state index is 4.07. The Morgan fingerprint density at radius 2 is 1.38 bits per heavy atom. The molecule has 0 N–H and O–H groups in total. The number of rotatable bonds is 9. The monoisotopic (exact) mass is 242 g/mol. The largest absolute Gasteiger partial charge is 0.289 e. The number of nitrogens with zero attached hydrogens (tertiary/aromatic N) is 2. The van der Waals surface area contributed by atoms with Gasteiger partial charge in [0, 0.05) is 0 Å². The average molecular weight is 242 g/mol.